The molecule has 0 saturated carbocycles. The molecule has 0 unspecified atom stereocenters. The van der Waals surface area contributed by atoms with Crippen molar-refractivity contribution < 1.29 is 9.59 Å². The number of anilines is 5. The van der Waals surface area contributed by atoms with E-state index in [0.717, 1.165) is 11.4 Å². The Morgan fingerprint density at radius 3 is 2.00 bits per heavy atom. The number of aromatic nitrogens is 2. The lowest BCUT2D eigenvalue weighted by atomic mass is 10.1. The zero-order valence-corrected chi connectivity index (χ0v) is 15.9. The van der Waals surface area contributed by atoms with E-state index in [1.165, 1.54) is 13.8 Å². The summed E-state index contributed by atoms with van der Waals surface area (Å²) in [5.41, 5.74) is 2.97. The van der Waals surface area contributed by atoms with Crippen LogP contribution in [0.1, 0.15) is 30.0 Å². The lowest BCUT2D eigenvalue weighted by Crippen LogP contribution is -2.06. The number of rotatable bonds is 6. The lowest BCUT2D eigenvalue weighted by Gasteiger charge is -2.11. The first kappa shape index (κ1) is 19.0. The van der Waals surface area contributed by atoms with Crippen molar-refractivity contribution in [2.45, 2.75) is 20.8 Å². The monoisotopic (exact) mass is 375 g/mol. The van der Waals surface area contributed by atoms with E-state index in [0.29, 0.717) is 28.7 Å². The van der Waals surface area contributed by atoms with Crippen LogP contribution in [0.2, 0.25) is 0 Å². The zero-order valence-electron chi connectivity index (χ0n) is 15.9. The van der Waals surface area contributed by atoms with Gasteiger partial charge >= 0.3 is 0 Å². The van der Waals surface area contributed by atoms with Crippen LogP contribution in [0, 0.1) is 6.92 Å². The molecule has 0 saturated heterocycles. The Morgan fingerprint density at radius 2 is 1.39 bits per heavy atom. The van der Waals surface area contributed by atoms with Gasteiger partial charge in [-0.2, -0.15) is 0 Å². The van der Waals surface area contributed by atoms with Gasteiger partial charge in [0.15, 0.2) is 5.78 Å². The number of ketones is 1. The predicted molar refractivity (Wildman–Crippen MR) is 111 cm³/mol. The van der Waals surface area contributed by atoms with E-state index in [2.05, 4.69) is 25.9 Å². The molecule has 3 N–H and O–H groups in total. The Hall–Kier alpha value is -3.74. The van der Waals surface area contributed by atoms with Gasteiger partial charge < -0.3 is 16.0 Å². The molecular weight excluding hydrogens is 354 g/mol. The number of nitrogens with zero attached hydrogens (tertiary/aromatic N) is 2. The van der Waals surface area contributed by atoms with Gasteiger partial charge in [-0.15, -0.1) is 0 Å². The first-order valence-corrected chi connectivity index (χ1v) is 8.77. The van der Waals surface area contributed by atoms with Crippen molar-refractivity contribution in [3.05, 3.63) is 66.0 Å². The molecule has 1 aromatic heterocycles. The maximum Gasteiger partial charge on any atom is 0.221 e. The van der Waals surface area contributed by atoms with E-state index in [-0.39, 0.29) is 11.7 Å². The summed E-state index contributed by atoms with van der Waals surface area (Å²) in [4.78, 5) is 31.4. The van der Waals surface area contributed by atoms with Crippen molar-refractivity contribution in [3.8, 4) is 0 Å². The molecule has 0 aliphatic rings. The average molecular weight is 375 g/mol. The smallest absolute Gasteiger partial charge is 0.221 e. The van der Waals surface area contributed by atoms with E-state index < -0.39 is 0 Å². The highest BCUT2D eigenvalue weighted by Gasteiger charge is 2.05. The van der Waals surface area contributed by atoms with E-state index in [4.69, 9.17) is 0 Å². The molecule has 7 nitrogen and oxygen atoms in total. The summed E-state index contributed by atoms with van der Waals surface area (Å²) in [6, 6.07) is 16.4. The van der Waals surface area contributed by atoms with Gasteiger partial charge in [-0.3, -0.25) is 9.59 Å². The Bertz CT molecular complexity index is 1020. The Morgan fingerprint density at radius 1 is 0.786 bits per heavy atom. The molecule has 0 aliphatic carbocycles. The lowest BCUT2D eigenvalue weighted by molar-refractivity contribution is -0.114. The molecule has 28 heavy (non-hydrogen) atoms. The van der Waals surface area contributed by atoms with Gasteiger partial charge in [0.1, 0.15) is 17.5 Å². The highest BCUT2D eigenvalue weighted by Crippen LogP contribution is 2.22. The van der Waals surface area contributed by atoms with Crippen molar-refractivity contribution in [1.82, 2.24) is 9.97 Å². The molecule has 7 heteroatoms. The second-order valence-corrected chi connectivity index (χ2v) is 6.33. The van der Waals surface area contributed by atoms with Crippen molar-refractivity contribution in [1.29, 1.82) is 0 Å². The fourth-order valence-corrected chi connectivity index (χ4v) is 2.66. The molecule has 2 aromatic carbocycles. The zero-order chi connectivity index (χ0) is 20.1. The number of Topliss-reactive ketones (excluding diaryl/α,β-unsaturated/α-hetero) is 1. The van der Waals surface area contributed by atoms with Crippen LogP contribution in [-0.4, -0.2) is 21.7 Å². The van der Waals surface area contributed by atoms with Gasteiger partial charge in [0.25, 0.3) is 0 Å². The first-order chi connectivity index (χ1) is 13.4. The largest absolute Gasteiger partial charge is 0.340 e. The van der Waals surface area contributed by atoms with Crippen LogP contribution < -0.4 is 16.0 Å². The van der Waals surface area contributed by atoms with Crippen molar-refractivity contribution in [2.75, 3.05) is 16.0 Å². The molecule has 0 atom stereocenters. The molecule has 3 rings (SSSR count). The molecule has 0 bridgehead atoms. The average Bonchev–Trinajstić information content (AvgIpc) is 2.61. The van der Waals surface area contributed by atoms with Crippen LogP contribution in [0.3, 0.4) is 0 Å². The van der Waals surface area contributed by atoms with Crippen LogP contribution in [0.4, 0.5) is 28.7 Å². The number of aryl methyl sites for hydroxylation is 1. The molecule has 0 radical (unpaired) electrons. The van der Waals surface area contributed by atoms with Crippen molar-refractivity contribution in [2.24, 2.45) is 0 Å². The van der Waals surface area contributed by atoms with Gasteiger partial charge in [0.05, 0.1) is 0 Å². The molecule has 142 valence electrons. The van der Waals surface area contributed by atoms with E-state index >= 15 is 0 Å². The summed E-state index contributed by atoms with van der Waals surface area (Å²) in [6.45, 7) is 4.81. The molecule has 0 aliphatic heterocycles. The number of carbonyl (C=O) groups is 2. The maximum absolute atomic E-state index is 11.4. The minimum absolute atomic E-state index is 0.0254. The molecule has 0 spiro atoms. The van der Waals surface area contributed by atoms with E-state index in [1.807, 2.05) is 43.3 Å². The second-order valence-electron chi connectivity index (χ2n) is 6.33. The summed E-state index contributed by atoms with van der Waals surface area (Å²) in [5, 5.41) is 9.19. The minimum Gasteiger partial charge on any atom is -0.340 e. The number of hydrogen-bond donors (Lipinski definition) is 3. The minimum atomic E-state index is -0.127. The van der Waals surface area contributed by atoms with Gasteiger partial charge in [-0.05, 0) is 56.3 Å². The normalized spacial score (nSPS) is 10.2. The summed E-state index contributed by atoms with van der Waals surface area (Å²) in [7, 11) is 0. The van der Waals surface area contributed by atoms with Crippen LogP contribution in [0.25, 0.3) is 0 Å². The Labute approximate surface area is 163 Å². The third-order valence-corrected chi connectivity index (χ3v) is 3.86. The Kier molecular flexibility index (Phi) is 5.64. The maximum atomic E-state index is 11.4. The fraction of sp³-hybridized carbons (Fsp3) is 0.143. The van der Waals surface area contributed by atoms with Gasteiger partial charge in [0, 0.05) is 35.6 Å². The third kappa shape index (κ3) is 5.14. The highest BCUT2D eigenvalue weighted by molar-refractivity contribution is 5.94. The second kappa shape index (κ2) is 8.30. The molecular formula is C21H21N5O2. The fourth-order valence-electron chi connectivity index (χ4n) is 2.66. The summed E-state index contributed by atoms with van der Waals surface area (Å²) in [6.07, 6.45) is 0. The Balaban J connectivity index is 1.78. The number of benzene rings is 2. The first-order valence-electron chi connectivity index (χ1n) is 8.77. The molecule has 1 heterocycles. The summed E-state index contributed by atoms with van der Waals surface area (Å²) in [5.74, 6) is 1.75. The number of carbonyl (C=O) groups excluding carboxylic acids is 2. The van der Waals surface area contributed by atoms with Gasteiger partial charge in [-0.25, -0.2) is 9.97 Å². The molecule has 3 aromatic rings. The van der Waals surface area contributed by atoms with Crippen molar-refractivity contribution in [3.63, 3.8) is 0 Å². The van der Waals surface area contributed by atoms with Crippen LogP contribution in [0.15, 0.2) is 54.6 Å². The van der Waals surface area contributed by atoms with Crippen molar-refractivity contribution >= 4 is 40.4 Å². The van der Waals surface area contributed by atoms with E-state index in [9.17, 15) is 9.59 Å². The summed E-state index contributed by atoms with van der Waals surface area (Å²) < 4.78 is 0. The van der Waals surface area contributed by atoms with Crippen LogP contribution >= 0.6 is 0 Å². The quantitative estimate of drug-likeness (QED) is 0.552. The standard InChI is InChI=1S/C21H21N5O2/c1-13(27)16-7-9-17(10-8-16)25-20-12-21(23-14(2)22-20)26-19-6-4-5-18(11-19)24-15(3)28/h4-12H,1-3H3,(H,24,28)(H2,22,23,25,26). The van der Waals surface area contributed by atoms with Crippen LogP contribution in [-0.2, 0) is 4.79 Å². The van der Waals surface area contributed by atoms with Crippen LogP contribution in [0.5, 0.6) is 0 Å². The van der Waals surface area contributed by atoms with E-state index in [1.54, 1.807) is 18.2 Å². The number of amides is 1. The highest BCUT2D eigenvalue weighted by atomic mass is 16.1. The summed E-state index contributed by atoms with van der Waals surface area (Å²) >= 11 is 0. The molecule has 0 fully saturated rings. The topological polar surface area (TPSA) is 96.0 Å². The third-order valence-electron chi connectivity index (χ3n) is 3.86. The number of hydrogen-bond acceptors (Lipinski definition) is 6. The predicted octanol–water partition coefficient (Wildman–Crippen LogP) is 4.43. The van der Waals surface area contributed by atoms with Gasteiger partial charge in [-0.1, -0.05) is 6.07 Å². The van der Waals surface area contributed by atoms with Gasteiger partial charge in [0.2, 0.25) is 5.91 Å². The molecule has 1 amide bonds. The number of nitrogens with one attached hydrogen (secondary N) is 3. The SMILES string of the molecule is CC(=O)Nc1cccc(Nc2cc(Nc3ccc(C(C)=O)cc3)nc(C)n2)c1.